The van der Waals surface area contributed by atoms with Gasteiger partial charge in [0.1, 0.15) is 0 Å². The van der Waals surface area contributed by atoms with E-state index in [1.54, 1.807) is 0 Å². The predicted octanol–water partition coefficient (Wildman–Crippen LogP) is 1.90. The fourth-order valence-corrected chi connectivity index (χ4v) is 1.85. The van der Waals surface area contributed by atoms with Gasteiger partial charge in [0.25, 0.3) is 0 Å². The van der Waals surface area contributed by atoms with Gasteiger partial charge < -0.3 is 4.74 Å². The zero-order valence-electron chi connectivity index (χ0n) is 8.76. The van der Waals surface area contributed by atoms with Crippen LogP contribution >= 0.6 is 0 Å². The largest absolute Gasteiger partial charge is 0.377 e. The Morgan fingerprint density at radius 1 is 1.42 bits per heavy atom. The maximum atomic E-state index is 5.52. The molecule has 0 aromatic heterocycles. The first-order valence-electron chi connectivity index (χ1n) is 4.86. The molecule has 0 N–H and O–H groups in total. The fourth-order valence-electron chi connectivity index (χ4n) is 1.85. The van der Waals surface area contributed by atoms with Gasteiger partial charge in [-0.1, -0.05) is 0 Å². The normalized spacial score (nSPS) is 32.8. The number of nitrogens with zero attached hydrogens (tertiary/aromatic N) is 1. The molecule has 1 rings (SSSR count). The average molecular weight is 171 g/mol. The van der Waals surface area contributed by atoms with Crippen molar-refractivity contribution in [2.45, 2.75) is 45.3 Å². The highest BCUT2D eigenvalue weighted by atomic mass is 16.5. The summed E-state index contributed by atoms with van der Waals surface area (Å²) in [5.41, 5.74) is 0.0997. The summed E-state index contributed by atoms with van der Waals surface area (Å²) in [5.74, 6) is 0. The zero-order chi connectivity index (χ0) is 9.19. The van der Waals surface area contributed by atoms with E-state index in [4.69, 9.17) is 4.74 Å². The van der Waals surface area contributed by atoms with Crippen LogP contribution in [0.3, 0.4) is 0 Å². The van der Waals surface area contributed by atoms with E-state index in [0.29, 0.717) is 6.04 Å². The molecule has 2 nitrogen and oxygen atoms in total. The van der Waals surface area contributed by atoms with E-state index in [-0.39, 0.29) is 5.60 Å². The Morgan fingerprint density at radius 2 is 2.08 bits per heavy atom. The SMILES string of the molecule is CO[C@]1(C)CCCN(C(C)C)C1. The van der Waals surface area contributed by atoms with Gasteiger partial charge in [-0.25, -0.2) is 0 Å². The minimum atomic E-state index is 0.0997. The Balaban J connectivity index is 2.51. The third-order valence-electron chi connectivity index (χ3n) is 2.91. The van der Waals surface area contributed by atoms with E-state index in [1.165, 1.54) is 19.4 Å². The Morgan fingerprint density at radius 3 is 2.58 bits per heavy atom. The van der Waals surface area contributed by atoms with Crippen molar-refractivity contribution >= 4 is 0 Å². The van der Waals surface area contributed by atoms with Gasteiger partial charge in [-0.05, 0) is 40.2 Å². The Hall–Kier alpha value is -0.0800. The number of likely N-dealkylation sites (tertiary alicyclic amines) is 1. The standard InChI is InChI=1S/C10H21NO/c1-9(2)11-7-5-6-10(3,8-11)12-4/h9H,5-8H2,1-4H3/t10-/m1/s1. The first kappa shape index (κ1) is 10.0. The highest BCUT2D eigenvalue weighted by molar-refractivity contribution is 4.85. The monoisotopic (exact) mass is 171 g/mol. The van der Waals surface area contributed by atoms with Crippen LogP contribution in [0.2, 0.25) is 0 Å². The van der Waals surface area contributed by atoms with Crippen molar-refractivity contribution < 1.29 is 4.74 Å². The van der Waals surface area contributed by atoms with Crippen LogP contribution in [0.1, 0.15) is 33.6 Å². The molecule has 1 heterocycles. The third kappa shape index (κ3) is 2.20. The summed E-state index contributed by atoms with van der Waals surface area (Å²) in [4.78, 5) is 2.49. The molecule has 1 aliphatic heterocycles. The molecule has 1 fully saturated rings. The number of rotatable bonds is 2. The fraction of sp³-hybridized carbons (Fsp3) is 1.00. The second-order valence-corrected chi connectivity index (χ2v) is 4.32. The van der Waals surface area contributed by atoms with Crippen molar-refractivity contribution in [3.63, 3.8) is 0 Å². The average Bonchev–Trinajstić information content (AvgIpc) is 2.05. The summed E-state index contributed by atoms with van der Waals surface area (Å²) in [5, 5.41) is 0. The van der Waals surface area contributed by atoms with Crippen LogP contribution in [0.5, 0.6) is 0 Å². The van der Waals surface area contributed by atoms with Crippen molar-refractivity contribution in [1.29, 1.82) is 0 Å². The Bertz CT molecular complexity index is 147. The molecule has 0 amide bonds. The van der Waals surface area contributed by atoms with E-state index in [1.807, 2.05) is 7.11 Å². The smallest absolute Gasteiger partial charge is 0.0777 e. The van der Waals surface area contributed by atoms with Crippen LogP contribution in [0.25, 0.3) is 0 Å². The van der Waals surface area contributed by atoms with Gasteiger partial charge in [0, 0.05) is 19.7 Å². The number of hydrogen-bond donors (Lipinski definition) is 0. The summed E-state index contributed by atoms with van der Waals surface area (Å²) in [6.07, 6.45) is 2.47. The van der Waals surface area contributed by atoms with Crippen molar-refractivity contribution in [2.24, 2.45) is 0 Å². The lowest BCUT2D eigenvalue weighted by atomic mass is 9.94. The van der Waals surface area contributed by atoms with E-state index in [2.05, 4.69) is 25.7 Å². The molecule has 0 aromatic rings. The summed E-state index contributed by atoms with van der Waals surface area (Å²) >= 11 is 0. The van der Waals surface area contributed by atoms with Gasteiger partial charge >= 0.3 is 0 Å². The molecule has 1 aliphatic rings. The van der Waals surface area contributed by atoms with E-state index in [0.717, 1.165) is 6.54 Å². The zero-order valence-corrected chi connectivity index (χ0v) is 8.76. The first-order valence-corrected chi connectivity index (χ1v) is 4.86. The molecule has 1 atom stereocenters. The van der Waals surface area contributed by atoms with Crippen molar-refractivity contribution in [1.82, 2.24) is 4.90 Å². The Labute approximate surface area is 75.9 Å². The van der Waals surface area contributed by atoms with Crippen LogP contribution < -0.4 is 0 Å². The summed E-state index contributed by atoms with van der Waals surface area (Å²) in [7, 11) is 1.82. The van der Waals surface area contributed by atoms with Gasteiger partial charge in [0.15, 0.2) is 0 Å². The highest BCUT2D eigenvalue weighted by Gasteiger charge is 2.31. The maximum Gasteiger partial charge on any atom is 0.0777 e. The lowest BCUT2D eigenvalue weighted by molar-refractivity contribution is -0.0578. The second kappa shape index (κ2) is 3.75. The summed E-state index contributed by atoms with van der Waals surface area (Å²) < 4.78 is 5.52. The molecule has 0 saturated carbocycles. The van der Waals surface area contributed by atoms with Crippen LogP contribution in [0.15, 0.2) is 0 Å². The van der Waals surface area contributed by atoms with Crippen LogP contribution in [-0.4, -0.2) is 36.7 Å². The minimum absolute atomic E-state index is 0.0997. The number of hydrogen-bond acceptors (Lipinski definition) is 2. The van der Waals surface area contributed by atoms with E-state index in [9.17, 15) is 0 Å². The van der Waals surface area contributed by atoms with Crippen LogP contribution in [0, 0.1) is 0 Å². The van der Waals surface area contributed by atoms with E-state index >= 15 is 0 Å². The molecule has 1 saturated heterocycles. The molecule has 0 radical (unpaired) electrons. The minimum Gasteiger partial charge on any atom is -0.377 e. The molecule has 0 aliphatic carbocycles. The summed E-state index contributed by atoms with van der Waals surface area (Å²) in [6, 6.07) is 0.653. The molecule has 0 aromatic carbocycles. The Kier molecular flexibility index (Phi) is 3.13. The highest BCUT2D eigenvalue weighted by Crippen LogP contribution is 2.24. The topological polar surface area (TPSA) is 12.5 Å². The molecule has 12 heavy (non-hydrogen) atoms. The van der Waals surface area contributed by atoms with Crippen LogP contribution in [-0.2, 0) is 4.74 Å². The second-order valence-electron chi connectivity index (χ2n) is 4.32. The van der Waals surface area contributed by atoms with Crippen LogP contribution in [0.4, 0.5) is 0 Å². The maximum absolute atomic E-state index is 5.52. The molecule has 0 unspecified atom stereocenters. The lowest BCUT2D eigenvalue weighted by Gasteiger charge is -2.41. The summed E-state index contributed by atoms with van der Waals surface area (Å²) in [6.45, 7) is 9.03. The van der Waals surface area contributed by atoms with Crippen molar-refractivity contribution in [3.05, 3.63) is 0 Å². The molecular formula is C10H21NO. The van der Waals surface area contributed by atoms with Crippen molar-refractivity contribution in [2.75, 3.05) is 20.2 Å². The molecule has 2 heteroatoms. The van der Waals surface area contributed by atoms with Gasteiger partial charge in [-0.3, -0.25) is 4.90 Å². The third-order valence-corrected chi connectivity index (χ3v) is 2.91. The number of piperidine rings is 1. The molecule has 0 spiro atoms. The lowest BCUT2D eigenvalue weighted by Crippen LogP contribution is -2.49. The molecular weight excluding hydrogens is 150 g/mol. The first-order chi connectivity index (χ1) is 5.57. The molecule has 0 bridgehead atoms. The van der Waals surface area contributed by atoms with Gasteiger partial charge in [0.05, 0.1) is 5.60 Å². The number of methoxy groups -OCH3 is 1. The predicted molar refractivity (Wildman–Crippen MR) is 51.4 cm³/mol. The van der Waals surface area contributed by atoms with E-state index < -0.39 is 0 Å². The van der Waals surface area contributed by atoms with Gasteiger partial charge in [-0.2, -0.15) is 0 Å². The van der Waals surface area contributed by atoms with Gasteiger partial charge in [0.2, 0.25) is 0 Å². The van der Waals surface area contributed by atoms with Gasteiger partial charge in [-0.15, -0.1) is 0 Å². The quantitative estimate of drug-likeness (QED) is 0.629. The number of ether oxygens (including phenoxy) is 1. The van der Waals surface area contributed by atoms with Crippen molar-refractivity contribution in [3.8, 4) is 0 Å². The molecule has 72 valence electrons.